The van der Waals surface area contributed by atoms with E-state index in [1.54, 1.807) is 11.8 Å². The highest BCUT2D eigenvalue weighted by atomic mass is 16.5. The Labute approximate surface area is 156 Å². The molecule has 1 aliphatic carbocycles. The maximum absolute atomic E-state index is 12.7. The number of amides is 4. The van der Waals surface area contributed by atoms with Crippen LogP contribution in [0.3, 0.4) is 0 Å². The van der Waals surface area contributed by atoms with Crippen LogP contribution in [0.2, 0.25) is 0 Å². The largest absolute Gasteiger partial charge is 0.339 e. The number of rotatable bonds is 5. The van der Waals surface area contributed by atoms with Gasteiger partial charge in [-0.25, -0.2) is 4.79 Å². The molecule has 0 aromatic carbocycles. The number of hydrogen-bond acceptors (Lipinski definition) is 7. The Kier molecular flexibility index (Phi) is 4.27. The van der Waals surface area contributed by atoms with E-state index in [1.165, 1.54) is 0 Å². The summed E-state index contributed by atoms with van der Waals surface area (Å²) in [5.74, 6) is 0.413. The molecule has 2 saturated heterocycles. The molecule has 1 aromatic rings. The van der Waals surface area contributed by atoms with Crippen molar-refractivity contribution in [2.45, 2.75) is 51.1 Å². The molecule has 1 aromatic heterocycles. The first-order valence-electron chi connectivity index (χ1n) is 9.37. The van der Waals surface area contributed by atoms with E-state index < -0.39 is 11.6 Å². The first-order chi connectivity index (χ1) is 12.9. The van der Waals surface area contributed by atoms with Crippen molar-refractivity contribution in [1.82, 2.24) is 25.7 Å². The predicted molar refractivity (Wildman–Crippen MR) is 93.8 cm³/mol. The molecule has 3 aliphatic rings. The molecule has 3 heterocycles. The minimum atomic E-state index is -0.915. The van der Waals surface area contributed by atoms with Crippen molar-refractivity contribution in [3.8, 4) is 0 Å². The van der Waals surface area contributed by atoms with Crippen LogP contribution in [0.1, 0.15) is 38.4 Å². The number of piperazine rings is 1. The highest BCUT2D eigenvalue weighted by molar-refractivity contribution is 6.07. The van der Waals surface area contributed by atoms with Crippen molar-refractivity contribution in [1.29, 1.82) is 0 Å². The predicted octanol–water partition coefficient (Wildman–Crippen LogP) is 0.184. The van der Waals surface area contributed by atoms with Gasteiger partial charge in [0.05, 0.1) is 0 Å². The van der Waals surface area contributed by atoms with Crippen LogP contribution in [0, 0.1) is 12.8 Å². The van der Waals surface area contributed by atoms with E-state index in [4.69, 9.17) is 4.52 Å². The number of imide groups is 1. The minimum absolute atomic E-state index is 0.00261. The van der Waals surface area contributed by atoms with Crippen molar-refractivity contribution in [3.63, 3.8) is 0 Å². The molecule has 0 bridgehead atoms. The normalized spacial score (nSPS) is 28.3. The zero-order valence-electron chi connectivity index (χ0n) is 15.5. The summed E-state index contributed by atoms with van der Waals surface area (Å²) in [6.07, 6.45) is 2.38. The quantitative estimate of drug-likeness (QED) is 0.703. The third-order valence-corrected chi connectivity index (χ3v) is 5.72. The van der Waals surface area contributed by atoms with E-state index in [2.05, 4.69) is 20.8 Å². The standard InChI is InChI=1S/C17H24N6O4/c1-10-9-22(7-8-23(10)16-18-11(2)21-27-16)13(24)5-6-17(12-3-4-12)14(25)19-15(26)20-17/h10,12H,3-9H2,1-2H3,(H2,19,20,25,26)/t10-,17?/m0/s1. The van der Waals surface area contributed by atoms with Crippen LogP contribution in [-0.4, -0.2) is 64.1 Å². The van der Waals surface area contributed by atoms with Gasteiger partial charge in [0.15, 0.2) is 5.82 Å². The van der Waals surface area contributed by atoms with Crippen LogP contribution in [0.25, 0.3) is 0 Å². The minimum Gasteiger partial charge on any atom is -0.339 e. The van der Waals surface area contributed by atoms with Crippen LogP contribution in [0.4, 0.5) is 10.8 Å². The van der Waals surface area contributed by atoms with Crippen molar-refractivity contribution in [3.05, 3.63) is 5.82 Å². The van der Waals surface area contributed by atoms with Gasteiger partial charge in [0.1, 0.15) is 5.54 Å². The van der Waals surface area contributed by atoms with Gasteiger partial charge < -0.3 is 19.6 Å². The molecule has 3 fully saturated rings. The molecule has 1 saturated carbocycles. The first kappa shape index (κ1) is 17.7. The summed E-state index contributed by atoms with van der Waals surface area (Å²) >= 11 is 0. The molecule has 2 atom stereocenters. The lowest BCUT2D eigenvalue weighted by molar-refractivity contribution is -0.133. The second-order valence-corrected chi connectivity index (χ2v) is 7.66. The lowest BCUT2D eigenvalue weighted by atomic mass is 9.87. The van der Waals surface area contributed by atoms with Crippen LogP contribution < -0.4 is 15.5 Å². The zero-order chi connectivity index (χ0) is 19.2. The van der Waals surface area contributed by atoms with E-state index in [1.807, 2.05) is 11.8 Å². The van der Waals surface area contributed by atoms with E-state index >= 15 is 0 Å². The maximum atomic E-state index is 12.7. The van der Waals surface area contributed by atoms with Gasteiger partial charge in [-0.3, -0.25) is 14.9 Å². The Morgan fingerprint density at radius 2 is 2.11 bits per heavy atom. The fourth-order valence-corrected chi connectivity index (χ4v) is 4.08. The Morgan fingerprint density at radius 3 is 2.67 bits per heavy atom. The summed E-state index contributed by atoms with van der Waals surface area (Å²) in [7, 11) is 0. The molecule has 0 radical (unpaired) electrons. The number of aromatic nitrogens is 2. The van der Waals surface area contributed by atoms with Crippen molar-refractivity contribution in [2.75, 3.05) is 24.5 Å². The number of nitrogens with zero attached hydrogens (tertiary/aromatic N) is 4. The molecule has 1 unspecified atom stereocenters. The van der Waals surface area contributed by atoms with E-state index in [9.17, 15) is 14.4 Å². The fourth-order valence-electron chi connectivity index (χ4n) is 4.08. The number of carbonyl (C=O) groups excluding carboxylic acids is 3. The van der Waals surface area contributed by atoms with E-state index in [-0.39, 0.29) is 30.2 Å². The monoisotopic (exact) mass is 376 g/mol. The van der Waals surface area contributed by atoms with Gasteiger partial charge in [0, 0.05) is 32.1 Å². The Morgan fingerprint density at radius 1 is 1.33 bits per heavy atom. The number of carbonyl (C=O) groups is 3. The third kappa shape index (κ3) is 3.24. The Balaban J connectivity index is 1.35. The van der Waals surface area contributed by atoms with Gasteiger partial charge in [0.25, 0.3) is 5.91 Å². The van der Waals surface area contributed by atoms with Gasteiger partial charge in [-0.05, 0) is 39.0 Å². The molecule has 27 heavy (non-hydrogen) atoms. The number of nitrogens with one attached hydrogen (secondary N) is 2. The number of aryl methyl sites for hydroxylation is 1. The van der Waals surface area contributed by atoms with Gasteiger partial charge in [-0.2, -0.15) is 4.98 Å². The highest BCUT2D eigenvalue weighted by Gasteiger charge is 2.55. The smallest absolute Gasteiger partial charge is 0.324 e. The van der Waals surface area contributed by atoms with Gasteiger partial charge in [0.2, 0.25) is 5.91 Å². The van der Waals surface area contributed by atoms with Crippen LogP contribution in [-0.2, 0) is 9.59 Å². The molecule has 4 amide bonds. The number of anilines is 1. The summed E-state index contributed by atoms with van der Waals surface area (Å²) < 4.78 is 5.23. The topological polar surface area (TPSA) is 121 Å². The summed E-state index contributed by atoms with van der Waals surface area (Å²) in [6, 6.07) is 0.0657. The average molecular weight is 376 g/mol. The SMILES string of the molecule is Cc1noc(N2CCN(C(=O)CCC3(C4CC4)NC(=O)NC3=O)C[C@@H]2C)n1. The van der Waals surface area contributed by atoms with E-state index in [0.29, 0.717) is 37.9 Å². The molecule has 10 nitrogen and oxygen atoms in total. The molecule has 4 rings (SSSR count). The van der Waals surface area contributed by atoms with Crippen molar-refractivity contribution in [2.24, 2.45) is 5.92 Å². The number of hydrogen-bond donors (Lipinski definition) is 2. The van der Waals surface area contributed by atoms with Crippen molar-refractivity contribution >= 4 is 23.9 Å². The third-order valence-electron chi connectivity index (χ3n) is 5.72. The molecule has 2 N–H and O–H groups in total. The second-order valence-electron chi connectivity index (χ2n) is 7.66. The molecule has 0 spiro atoms. The molecule has 146 valence electrons. The molecular formula is C17H24N6O4. The summed E-state index contributed by atoms with van der Waals surface area (Å²) in [6.45, 7) is 5.49. The molecule has 10 heteroatoms. The summed E-state index contributed by atoms with van der Waals surface area (Å²) in [5.41, 5.74) is -0.915. The lowest BCUT2D eigenvalue weighted by Crippen LogP contribution is -2.55. The fraction of sp³-hybridized carbons (Fsp3) is 0.706. The van der Waals surface area contributed by atoms with Gasteiger partial charge in [-0.15, -0.1) is 0 Å². The number of urea groups is 1. The summed E-state index contributed by atoms with van der Waals surface area (Å²) in [4.78, 5) is 44.7. The molecular weight excluding hydrogens is 352 g/mol. The second kappa shape index (κ2) is 6.50. The highest BCUT2D eigenvalue weighted by Crippen LogP contribution is 2.43. The van der Waals surface area contributed by atoms with Gasteiger partial charge >= 0.3 is 12.0 Å². The van der Waals surface area contributed by atoms with E-state index in [0.717, 1.165) is 12.8 Å². The van der Waals surface area contributed by atoms with Crippen molar-refractivity contribution < 1.29 is 18.9 Å². The first-order valence-corrected chi connectivity index (χ1v) is 9.37. The van der Waals surface area contributed by atoms with Crippen LogP contribution in [0.5, 0.6) is 0 Å². The Bertz CT molecular complexity index is 775. The maximum Gasteiger partial charge on any atom is 0.324 e. The van der Waals surface area contributed by atoms with Crippen LogP contribution in [0.15, 0.2) is 4.52 Å². The zero-order valence-corrected chi connectivity index (χ0v) is 15.5. The lowest BCUT2D eigenvalue weighted by Gasteiger charge is -2.39. The van der Waals surface area contributed by atoms with Gasteiger partial charge in [-0.1, -0.05) is 5.16 Å². The molecule has 2 aliphatic heterocycles. The average Bonchev–Trinajstić information content (AvgIpc) is 3.33. The Hall–Kier alpha value is -2.65. The summed E-state index contributed by atoms with van der Waals surface area (Å²) in [5, 5.41) is 8.91. The van der Waals surface area contributed by atoms with Crippen LogP contribution >= 0.6 is 0 Å².